The molecular formula is C26H26ClF3N4O3. The average Bonchev–Trinajstić information content (AvgIpc) is 2.83. The lowest BCUT2D eigenvalue weighted by Crippen LogP contribution is -2.33. The molecule has 0 atom stereocenters. The number of benzene rings is 2. The normalized spacial score (nSPS) is 11.3. The number of nitrogens with zero attached hydrogens (tertiary/aromatic N) is 2. The third-order valence-corrected chi connectivity index (χ3v) is 5.65. The first-order chi connectivity index (χ1) is 17.5. The number of nitrogens with one attached hydrogen (secondary N) is 2. The van der Waals surface area contributed by atoms with Crippen LogP contribution in [0.4, 0.5) is 13.2 Å². The van der Waals surface area contributed by atoms with Crippen molar-refractivity contribution in [1.29, 1.82) is 0 Å². The number of carbonyl (C=O) groups excluding carboxylic acids is 2. The van der Waals surface area contributed by atoms with Gasteiger partial charge in [-0.1, -0.05) is 35.9 Å². The predicted molar refractivity (Wildman–Crippen MR) is 134 cm³/mol. The number of hydrogen-bond acceptors (Lipinski definition) is 4. The van der Waals surface area contributed by atoms with Gasteiger partial charge in [0.2, 0.25) is 5.91 Å². The minimum absolute atomic E-state index is 0.0289. The van der Waals surface area contributed by atoms with Crippen molar-refractivity contribution < 1.29 is 22.8 Å². The lowest BCUT2D eigenvalue weighted by atomic mass is 10.1. The van der Waals surface area contributed by atoms with E-state index >= 15 is 0 Å². The Kier molecular flexibility index (Phi) is 9.46. The molecule has 37 heavy (non-hydrogen) atoms. The summed E-state index contributed by atoms with van der Waals surface area (Å²) in [6.45, 7) is 1.92. The number of rotatable bonds is 10. The van der Waals surface area contributed by atoms with Crippen LogP contribution in [-0.2, 0) is 17.8 Å². The Bertz CT molecular complexity index is 1310. The number of carbonyl (C=O) groups is 2. The van der Waals surface area contributed by atoms with E-state index in [1.54, 1.807) is 48.5 Å². The van der Waals surface area contributed by atoms with Crippen LogP contribution >= 0.6 is 11.6 Å². The van der Waals surface area contributed by atoms with Crippen molar-refractivity contribution in [3.63, 3.8) is 0 Å². The molecule has 0 aliphatic rings. The molecule has 196 valence electrons. The molecule has 2 amide bonds. The molecule has 2 aromatic carbocycles. The van der Waals surface area contributed by atoms with Gasteiger partial charge < -0.3 is 10.6 Å². The van der Waals surface area contributed by atoms with Gasteiger partial charge in [-0.2, -0.15) is 13.2 Å². The zero-order valence-electron chi connectivity index (χ0n) is 20.1. The smallest absolute Gasteiger partial charge is 0.355 e. The van der Waals surface area contributed by atoms with Gasteiger partial charge in [-0.15, -0.1) is 0 Å². The van der Waals surface area contributed by atoms with Crippen LogP contribution in [0.5, 0.6) is 0 Å². The van der Waals surface area contributed by atoms with E-state index in [2.05, 4.69) is 15.6 Å². The summed E-state index contributed by atoms with van der Waals surface area (Å²) in [7, 11) is 0. The van der Waals surface area contributed by atoms with Crippen molar-refractivity contribution in [3.05, 3.63) is 86.9 Å². The van der Waals surface area contributed by atoms with E-state index < -0.39 is 18.2 Å². The highest BCUT2D eigenvalue weighted by Crippen LogP contribution is 2.23. The topological polar surface area (TPSA) is 93.1 Å². The third-order valence-electron chi connectivity index (χ3n) is 5.40. The summed E-state index contributed by atoms with van der Waals surface area (Å²) in [6, 6.07) is 14.5. The molecule has 2 N–H and O–H groups in total. The summed E-state index contributed by atoms with van der Waals surface area (Å²) >= 11 is 5.93. The predicted octanol–water partition coefficient (Wildman–Crippen LogP) is 4.36. The first kappa shape index (κ1) is 27.9. The molecule has 1 heterocycles. The van der Waals surface area contributed by atoms with Crippen molar-refractivity contribution in [2.45, 2.75) is 38.9 Å². The van der Waals surface area contributed by atoms with Gasteiger partial charge >= 0.3 is 6.18 Å². The Morgan fingerprint density at radius 3 is 2.41 bits per heavy atom. The van der Waals surface area contributed by atoms with Crippen LogP contribution in [0.2, 0.25) is 5.02 Å². The van der Waals surface area contributed by atoms with E-state index in [1.807, 2.05) is 0 Å². The fraction of sp³-hybridized carbons (Fsp3) is 0.308. The molecule has 3 aromatic rings. The zero-order valence-corrected chi connectivity index (χ0v) is 20.8. The summed E-state index contributed by atoms with van der Waals surface area (Å²) in [5, 5.41) is 5.77. The SMILES string of the molecule is CC(=O)NCCNC(=O)c1cccc(Cn2c(CCCC(F)(F)F)nc(-c3ccc(Cl)cc3)cc2=O)c1. The third kappa shape index (κ3) is 8.75. The first-order valence-corrected chi connectivity index (χ1v) is 11.9. The number of hydrogen-bond donors (Lipinski definition) is 2. The van der Waals surface area contributed by atoms with Gasteiger partial charge in [-0.25, -0.2) is 4.98 Å². The maximum absolute atomic E-state index is 13.1. The molecule has 3 rings (SSSR count). The van der Waals surface area contributed by atoms with Crippen LogP contribution in [0.3, 0.4) is 0 Å². The molecule has 11 heteroatoms. The Hall–Kier alpha value is -3.66. The second-order valence-electron chi connectivity index (χ2n) is 8.40. The molecule has 0 bridgehead atoms. The Balaban J connectivity index is 1.85. The minimum Gasteiger partial charge on any atom is -0.355 e. The largest absolute Gasteiger partial charge is 0.389 e. The summed E-state index contributed by atoms with van der Waals surface area (Å²) in [5.74, 6) is -0.351. The summed E-state index contributed by atoms with van der Waals surface area (Å²) in [5.41, 5.74) is 1.48. The van der Waals surface area contributed by atoms with E-state index in [4.69, 9.17) is 11.6 Å². The highest BCUT2D eigenvalue weighted by atomic mass is 35.5. The Morgan fingerprint density at radius 2 is 1.73 bits per heavy atom. The molecule has 0 fully saturated rings. The molecule has 0 aliphatic heterocycles. The number of aryl methyl sites for hydroxylation is 1. The van der Waals surface area contributed by atoms with Gasteiger partial charge in [0.1, 0.15) is 5.82 Å². The molecule has 0 spiro atoms. The molecule has 0 saturated heterocycles. The molecule has 0 radical (unpaired) electrons. The molecule has 7 nitrogen and oxygen atoms in total. The average molecular weight is 535 g/mol. The fourth-order valence-electron chi connectivity index (χ4n) is 3.64. The van der Waals surface area contributed by atoms with Gasteiger partial charge in [0.15, 0.2) is 0 Å². The van der Waals surface area contributed by atoms with Crippen LogP contribution in [0, 0.1) is 0 Å². The highest BCUT2D eigenvalue weighted by molar-refractivity contribution is 6.30. The zero-order chi connectivity index (χ0) is 27.0. The van der Waals surface area contributed by atoms with Crippen LogP contribution in [0.25, 0.3) is 11.3 Å². The van der Waals surface area contributed by atoms with E-state index in [0.717, 1.165) is 0 Å². The van der Waals surface area contributed by atoms with Crippen LogP contribution in [-0.4, -0.2) is 40.6 Å². The van der Waals surface area contributed by atoms with Crippen molar-refractivity contribution in [2.75, 3.05) is 13.1 Å². The standard InChI is InChI=1S/C26H26ClF3N4O3/c1-17(35)31-12-13-32-25(37)20-5-2-4-18(14-20)16-34-23(6-3-11-26(28,29)30)33-22(15-24(34)36)19-7-9-21(27)10-8-19/h2,4-5,7-10,14-15H,3,6,11-13,16H2,1H3,(H,31,35)(H,32,37). The minimum atomic E-state index is -4.32. The highest BCUT2D eigenvalue weighted by Gasteiger charge is 2.26. The van der Waals surface area contributed by atoms with Crippen molar-refractivity contribution in [1.82, 2.24) is 20.2 Å². The van der Waals surface area contributed by atoms with Gasteiger partial charge in [-0.05, 0) is 36.2 Å². The summed E-state index contributed by atoms with van der Waals surface area (Å²) < 4.78 is 39.7. The van der Waals surface area contributed by atoms with Gasteiger partial charge in [0.25, 0.3) is 11.5 Å². The van der Waals surface area contributed by atoms with Gasteiger partial charge in [0, 0.05) is 55.1 Å². The Morgan fingerprint density at radius 1 is 1.03 bits per heavy atom. The monoisotopic (exact) mass is 534 g/mol. The fourth-order valence-corrected chi connectivity index (χ4v) is 3.77. The number of alkyl halides is 3. The van der Waals surface area contributed by atoms with E-state index in [1.165, 1.54) is 17.6 Å². The van der Waals surface area contributed by atoms with Crippen LogP contribution < -0.4 is 16.2 Å². The van der Waals surface area contributed by atoms with Gasteiger partial charge in [0.05, 0.1) is 12.2 Å². The summed E-state index contributed by atoms with van der Waals surface area (Å²) in [6.07, 6.45) is -5.60. The van der Waals surface area contributed by atoms with E-state index in [9.17, 15) is 27.6 Å². The second-order valence-corrected chi connectivity index (χ2v) is 8.83. The lowest BCUT2D eigenvalue weighted by molar-refractivity contribution is -0.135. The van der Waals surface area contributed by atoms with Crippen molar-refractivity contribution in [2.24, 2.45) is 0 Å². The van der Waals surface area contributed by atoms with Crippen molar-refractivity contribution in [3.8, 4) is 11.3 Å². The number of amides is 2. The van der Waals surface area contributed by atoms with Gasteiger partial charge in [-0.3, -0.25) is 19.0 Å². The molecule has 0 aliphatic carbocycles. The maximum atomic E-state index is 13.1. The lowest BCUT2D eigenvalue weighted by Gasteiger charge is -2.15. The van der Waals surface area contributed by atoms with E-state index in [-0.39, 0.29) is 50.1 Å². The maximum Gasteiger partial charge on any atom is 0.389 e. The number of halogens is 4. The summed E-state index contributed by atoms with van der Waals surface area (Å²) in [4.78, 5) is 41.0. The van der Waals surface area contributed by atoms with Crippen molar-refractivity contribution >= 4 is 23.4 Å². The molecule has 0 unspecified atom stereocenters. The van der Waals surface area contributed by atoms with E-state index in [0.29, 0.717) is 27.4 Å². The molecule has 0 saturated carbocycles. The molecule has 1 aromatic heterocycles. The molecular weight excluding hydrogens is 509 g/mol. The quantitative estimate of drug-likeness (QED) is 0.378. The first-order valence-electron chi connectivity index (χ1n) is 11.6. The Labute approximate surface area is 216 Å². The van der Waals surface area contributed by atoms with Crippen LogP contribution in [0.15, 0.2) is 59.4 Å². The second kappa shape index (κ2) is 12.5. The van der Waals surface area contributed by atoms with Crippen LogP contribution in [0.1, 0.15) is 41.5 Å². The number of aromatic nitrogens is 2.